The minimum Gasteiger partial charge on any atom is -0.484 e. The van der Waals surface area contributed by atoms with Gasteiger partial charge in [-0.2, -0.15) is 0 Å². The summed E-state index contributed by atoms with van der Waals surface area (Å²) in [5.74, 6) is 0.929. The predicted octanol–water partition coefficient (Wildman–Crippen LogP) is 5.32. The molecule has 0 N–H and O–H groups in total. The molecule has 0 saturated heterocycles. The standard InChI is InChI=1S/C20H28BrNO2/c21-16-8-7-13-19(14-16)24-15-20(23)22(17-9-3-1-4-10-17)18-11-5-2-6-12-18/h7-8,13-14,17-18H,1-6,9-12,15H2. The van der Waals surface area contributed by atoms with Crippen molar-refractivity contribution in [1.82, 2.24) is 4.90 Å². The van der Waals surface area contributed by atoms with Gasteiger partial charge in [-0.25, -0.2) is 0 Å². The molecular weight excluding hydrogens is 366 g/mol. The van der Waals surface area contributed by atoms with Gasteiger partial charge in [0.15, 0.2) is 6.61 Å². The second-order valence-corrected chi connectivity index (χ2v) is 8.05. The molecule has 0 radical (unpaired) electrons. The predicted molar refractivity (Wildman–Crippen MR) is 100 cm³/mol. The van der Waals surface area contributed by atoms with Gasteiger partial charge < -0.3 is 9.64 Å². The van der Waals surface area contributed by atoms with Gasteiger partial charge in [-0.15, -0.1) is 0 Å². The number of carbonyl (C=O) groups is 1. The van der Waals surface area contributed by atoms with E-state index in [-0.39, 0.29) is 12.5 Å². The largest absolute Gasteiger partial charge is 0.484 e. The van der Waals surface area contributed by atoms with Crippen LogP contribution in [0.4, 0.5) is 0 Å². The molecular formula is C20H28BrNO2. The quantitative estimate of drug-likeness (QED) is 0.676. The first-order valence-corrected chi connectivity index (χ1v) is 10.2. The molecule has 2 fully saturated rings. The molecule has 24 heavy (non-hydrogen) atoms. The minimum absolute atomic E-state index is 0.156. The van der Waals surface area contributed by atoms with Crippen molar-refractivity contribution in [2.75, 3.05) is 6.61 Å². The molecule has 2 saturated carbocycles. The summed E-state index contributed by atoms with van der Waals surface area (Å²) in [5.41, 5.74) is 0. The van der Waals surface area contributed by atoms with Gasteiger partial charge >= 0.3 is 0 Å². The van der Waals surface area contributed by atoms with Crippen molar-refractivity contribution >= 4 is 21.8 Å². The molecule has 4 heteroatoms. The summed E-state index contributed by atoms with van der Waals surface area (Å²) >= 11 is 3.45. The lowest BCUT2D eigenvalue weighted by molar-refractivity contribution is -0.140. The normalized spacial score (nSPS) is 19.9. The Hall–Kier alpha value is -1.03. The topological polar surface area (TPSA) is 29.5 Å². The molecule has 0 aromatic heterocycles. The van der Waals surface area contributed by atoms with Gasteiger partial charge in [-0.3, -0.25) is 4.79 Å². The highest BCUT2D eigenvalue weighted by Crippen LogP contribution is 2.30. The molecule has 0 aliphatic heterocycles. The van der Waals surface area contributed by atoms with Crippen LogP contribution in [0.2, 0.25) is 0 Å². The number of benzene rings is 1. The van der Waals surface area contributed by atoms with Gasteiger partial charge in [-0.1, -0.05) is 60.5 Å². The minimum atomic E-state index is 0.156. The molecule has 3 rings (SSSR count). The van der Waals surface area contributed by atoms with Gasteiger partial charge in [0.1, 0.15) is 5.75 Å². The van der Waals surface area contributed by atoms with Gasteiger partial charge in [-0.05, 0) is 43.9 Å². The Balaban J connectivity index is 1.65. The number of carbonyl (C=O) groups excluding carboxylic acids is 1. The van der Waals surface area contributed by atoms with E-state index in [1.54, 1.807) is 0 Å². The van der Waals surface area contributed by atoms with Crippen LogP contribution in [-0.2, 0) is 4.79 Å². The zero-order chi connectivity index (χ0) is 16.8. The van der Waals surface area contributed by atoms with Crippen molar-refractivity contribution in [1.29, 1.82) is 0 Å². The lowest BCUT2D eigenvalue weighted by Crippen LogP contribution is -2.50. The third kappa shape index (κ3) is 4.75. The zero-order valence-electron chi connectivity index (χ0n) is 14.4. The summed E-state index contributed by atoms with van der Waals surface area (Å²) in [6.07, 6.45) is 12.3. The zero-order valence-corrected chi connectivity index (χ0v) is 16.0. The maximum absolute atomic E-state index is 13.0. The SMILES string of the molecule is O=C(COc1cccc(Br)c1)N(C1CCCCC1)C1CCCCC1. The first-order valence-electron chi connectivity index (χ1n) is 9.43. The number of rotatable bonds is 5. The van der Waals surface area contributed by atoms with Crippen LogP contribution >= 0.6 is 15.9 Å². The average molecular weight is 394 g/mol. The van der Waals surface area contributed by atoms with Crippen LogP contribution < -0.4 is 4.74 Å². The van der Waals surface area contributed by atoms with E-state index in [1.165, 1.54) is 64.2 Å². The van der Waals surface area contributed by atoms with Crippen LogP contribution in [0.1, 0.15) is 64.2 Å². The average Bonchev–Trinajstić information content (AvgIpc) is 2.62. The molecule has 2 aliphatic carbocycles. The van der Waals surface area contributed by atoms with Crippen LogP contribution in [0, 0.1) is 0 Å². The fourth-order valence-electron chi connectivity index (χ4n) is 4.20. The summed E-state index contributed by atoms with van der Waals surface area (Å²) in [7, 11) is 0. The number of ether oxygens (including phenoxy) is 1. The lowest BCUT2D eigenvalue weighted by atomic mass is 9.88. The van der Waals surface area contributed by atoms with E-state index in [9.17, 15) is 4.79 Å². The highest BCUT2D eigenvalue weighted by molar-refractivity contribution is 9.10. The third-order valence-corrected chi connectivity index (χ3v) is 5.88. The van der Waals surface area contributed by atoms with Crippen molar-refractivity contribution in [2.45, 2.75) is 76.3 Å². The molecule has 1 aromatic rings. The van der Waals surface area contributed by atoms with Crippen molar-refractivity contribution in [2.24, 2.45) is 0 Å². The molecule has 0 spiro atoms. The summed E-state index contributed by atoms with van der Waals surface area (Å²) in [4.78, 5) is 15.2. The van der Waals surface area contributed by atoms with Crippen LogP contribution in [0.5, 0.6) is 5.75 Å². The van der Waals surface area contributed by atoms with Crippen LogP contribution in [0.3, 0.4) is 0 Å². The van der Waals surface area contributed by atoms with E-state index in [2.05, 4.69) is 20.8 Å². The van der Waals surface area contributed by atoms with E-state index < -0.39 is 0 Å². The van der Waals surface area contributed by atoms with E-state index >= 15 is 0 Å². The van der Waals surface area contributed by atoms with Gasteiger partial charge in [0, 0.05) is 16.6 Å². The molecule has 1 aromatic carbocycles. The molecule has 0 unspecified atom stereocenters. The van der Waals surface area contributed by atoms with Gasteiger partial charge in [0.2, 0.25) is 0 Å². The maximum Gasteiger partial charge on any atom is 0.261 e. The second-order valence-electron chi connectivity index (χ2n) is 7.13. The van der Waals surface area contributed by atoms with Crippen molar-refractivity contribution < 1.29 is 9.53 Å². The lowest BCUT2D eigenvalue weighted by Gasteiger charge is -2.41. The first-order chi connectivity index (χ1) is 11.7. The molecule has 0 atom stereocenters. The van der Waals surface area contributed by atoms with E-state index in [0.717, 1.165) is 10.2 Å². The van der Waals surface area contributed by atoms with E-state index in [0.29, 0.717) is 12.1 Å². The molecule has 2 aliphatic rings. The molecule has 0 heterocycles. The molecule has 1 amide bonds. The Morgan fingerprint density at radius 1 is 1.00 bits per heavy atom. The maximum atomic E-state index is 13.0. The summed E-state index contributed by atoms with van der Waals surface area (Å²) in [6.45, 7) is 0.156. The number of hydrogen-bond acceptors (Lipinski definition) is 2. The fourth-order valence-corrected chi connectivity index (χ4v) is 4.58. The summed E-state index contributed by atoms with van der Waals surface area (Å²) < 4.78 is 6.77. The Labute approximate surface area is 153 Å². The Morgan fingerprint density at radius 2 is 1.58 bits per heavy atom. The highest BCUT2D eigenvalue weighted by Gasteiger charge is 2.32. The molecule has 132 valence electrons. The van der Waals surface area contributed by atoms with Crippen LogP contribution in [0.25, 0.3) is 0 Å². The van der Waals surface area contributed by atoms with E-state index in [4.69, 9.17) is 4.74 Å². The Kier molecular flexibility index (Phi) is 6.59. The fraction of sp³-hybridized carbons (Fsp3) is 0.650. The van der Waals surface area contributed by atoms with Gasteiger partial charge in [0.05, 0.1) is 0 Å². The summed E-state index contributed by atoms with van der Waals surface area (Å²) in [5, 5.41) is 0. The molecule has 0 bridgehead atoms. The van der Waals surface area contributed by atoms with Crippen molar-refractivity contribution in [3.63, 3.8) is 0 Å². The van der Waals surface area contributed by atoms with E-state index in [1.807, 2.05) is 24.3 Å². The number of nitrogens with zero attached hydrogens (tertiary/aromatic N) is 1. The number of amides is 1. The number of halogens is 1. The van der Waals surface area contributed by atoms with Crippen LogP contribution in [0.15, 0.2) is 28.7 Å². The Morgan fingerprint density at radius 3 is 2.12 bits per heavy atom. The Bertz CT molecular complexity index is 518. The highest BCUT2D eigenvalue weighted by atomic mass is 79.9. The smallest absolute Gasteiger partial charge is 0.261 e. The van der Waals surface area contributed by atoms with Crippen molar-refractivity contribution in [3.8, 4) is 5.75 Å². The van der Waals surface area contributed by atoms with Crippen molar-refractivity contribution in [3.05, 3.63) is 28.7 Å². The molecule has 3 nitrogen and oxygen atoms in total. The monoisotopic (exact) mass is 393 g/mol. The van der Waals surface area contributed by atoms with Gasteiger partial charge in [0.25, 0.3) is 5.91 Å². The third-order valence-electron chi connectivity index (χ3n) is 5.38. The number of hydrogen-bond donors (Lipinski definition) is 0. The second kappa shape index (κ2) is 8.89. The van der Waals surface area contributed by atoms with Crippen LogP contribution in [-0.4, -0.2) is 29.5 Å². The first kappa shape index (κ1) is 17.8. The summed E-state index contributed by atoms with van der Waals surface area (Å²) in [6, 6.07) is 8.58.